The number of nitrogens with zero attached hydrogens (tertiary/aromatic N) is 5. The van der Waals surface area contributed by atoms with Gasteiger partial charge >= 0.3 is 0 Å². The first-order chi connectivity index (χ1) is 12.3. The number of hydrogen-bond donors (Lipinski definition) is 1. The lowest BCUT2D eigenvalue weighted by Gasteiger charge is -2.08. The van der Waals surface area contributed by atoms with Crippen molar-refractivity contribution in [1.82, 2.24) is 29.5 Å². The second kappa shape index (κ2) is 6.56. The van der Waals surface area contributed by atoms with Crippen LogP contribution < -0.4 is 5.32 Å². The van der Waals surface area contributed by atoms with Crippen LogP contribution in [0.5, 0.6) is 0 Å². The van der Waals surface area contributed by atoms with E-state index in [-0.39, 0.29) is 5.91 Å². The SMILES string of the molecule is O=C(NCCc1nnc2ccccn12)c1cncn1-c1ccccc1. The molecule has 0 saturated heterocycles. The standard InChI is InChI=1S/C18H16N6O/c25-18(15-12-19-13-24(15)14-6-2-1-3-7-14)20-10-9-17-22-21-16-8-4-5-11-23(16)17/h1-8,11-13H,9-10H2,(H,20,25). The van der Waals surface area contributed by atoms with Crippen LogP contribution in [0.15, 0.2) is 67.3 Å². The number of pyridine rings is 1. The Hall–Kier alpha value is -3.48. The van der Waals surface area contributed by atoms with Gasteiger partial charge in [0.05, 0.1) is 12.5 Å². The Kier molecular flexibility index (Phi) is 3.96. The Balaban J connectivity index is 1.44. The summed E-state index contributed by atoms with van der Waals surface area (Å²) >= 11 is 0. The number of benzene rings is 1. The average Bonchev–Trinajstić information content (AvgIpc) is 3.30. The first-order valence-electron chi connectivity index (χ1n) is 7.97. The van der Waals surface area contributed by atoms with E-state index in [0.29, 0.717) is 18.7 Å². The molecule has 0 aliphatic rings. The summed E-state index contributed by atoms with van der Waals surface area (Å²) in [7, 11) is 0. The van der Waals surface area contributed by atoms with Gasteiger partial charge in [-0.25, -0.2) is 4.98 Å². The number of fused-ring (bicyclic) bond motifs is 1. The monoisotopic (exact) mass is 332 g/mol. The number of aromatic nitrogens is 5. The molecule has 4 rings (SSSR count). The zero-order chi connectivity index (χ0) is 17.1. The van der Waals surface area contributed by atoms with Gasteiger partial charge in [-0.2, -0.15) is 0 Å². The number of nitrogens with one attached hydrogen (secondary N) is 1. The second-order valence-corrected chi connectivity index (χ2v) is 5.54. The summed E-state index contributed by atoms with van der Waals surface area (Å²) < 4.78 is 3.68. The number of hydrogen-bond acceptors (Lipinski definition) is 4. The van der Waals surface area contributed by atoms with Gasteiger partial charge in [-0.05, 0) is 24.3 Å². The van der Waals surface area contributed by atoms with Crippen LogP contribution in [0.1, 0.15) is 16.3 Å². The molecule has 124 valence electrons. The fourth-order valence-corrected chi connectivity index (χ4v) is 2.70. The molecule has 0 atom stereocenters. The average molecular weight is 332 g/mol. The highest BCUT2D eigenvalue weighted by Gasteiger charge is 2.13. The number of amides is 1. The van der Waals surface area contributed by atoms with E-state index in [1.165, 1.54) is 0 Å². The van der Waals surface area contributed by atoms with Crippen LogP contribution in [0.25, 0.3) is 11.3 Å². The quantitative estimate of drug-likeness (QED) is 0.605. The highest BCUT2D eigenvalue weighted by Crippen LogP contribution is 2.10. The van der Waals surface area contributed by atoms with E-state index in [1.54, 1.807) is 17.1 Å². The lowest BCUT2D eigenvalue weighted by atomic mass is 10.3. The van der Waals surface area contributed by atoms with Gasteiger partial charge in [0.15, 0.2) is 5.65 Å². The molecule has 1 aromatic carbocycles. The van der Waals surface area contributed by atoms with Crippen LogP contribution in [0.2, 0.25) is 0 Å². The Morgan fingerprint density at radius 2 is 1.88 bits per heavy atom. The molecule has 0 aliphatic heterocycles. The summed E-state index contributed by atoms with van der Waals surface area (Å²) in [6, 6.07) is 15.4. The van der Waals surface area contributed by atoms with Crippen LogP contribution in [0, 0.1) is 0 Å². The van der Waals surface area contributed by atoms with Crippen LogP contribution >= 0.6 is 0 Å². The number of carbonyl (C=O) groups excluding carboxylic acids is 1. The summed E-state index contributed by atoms with van der Waals surface area (Å²) in [4.78, 5) is 16.6. The smallest absolute Gasteiger partial charge is 0.269 e. The Bertz CT molecular complexity index is 1000. The van der Waals surface area contributed by atoms with Crippen molar-refractivity contribution >= 4 is 11.6 Å². The van der Waals surface area contributed by atoms with Gasteiger partial charge in [-0.1, -0.05) is 24.3 Å². The normalized spacial score (nSPS) is 10.9. The number of imidazole rings is 1. The molecule has 0 unspecified atom stereocenters. The molecule has 1 amide bonds. The maximum Gasteiger partial charge on any atom is 0.269 e. The van der Waals surface area contributed by atoms with Gasteiger partial charge < -0.3 is 5.32 Å². The van der Waals surface area contributed by atoms with Crippen molar-refractivity contribution in [3.8, 4) is 5.69 Å². The van der Waals surface area contributed by atoms with Crippen LogP contribution in [-0.4, -0.2) is 36.6 Å². The van der Waals surface area contributed by atoms with Gasteiger partial charge in [0.25, 0.3) is 5.91 Å². The lowest BCUT2D eigenvalue weighted by Crippen LogP contribution is -2.28. The van der Waals surface area contributed by atoms with E-state index in [0.717, 1.165) is 17.2 Å². The van der Waals surface area contributed by atoms with E-state index in [1.807, 2.05) is 59.1 Å². The third kappa shape index (κ3) is 2.99. The highest BCUT2D eigenvalue weighted by atomic mass is 16.1. The molecule has 7 nitrogen and oxygen atoms in total. The lowest BCUT2D eigenvalue weighted by molar-refractivity contribution is 0.0947. The van der Waals surface area contributed by atoms with Crippen molar-refractivity contribution in [2.45, 2.75) is 6.42 Å². The Morgan fingerprint density at radius 3 is 2.76 bits per heavy atom. The molecule has 0 bridgehead atoms. The molecular weight excluding hydrogens is 316 g/mol. The molecule has 0 spiro atoms. The predicted molar refractivity (Wildman–Crippen MR) is 92.6 cm³/mol. The second-order valence-electron chi connectivity index (χ2n) is 5.54. The van der Waals surface area contributed by atoms with Crippen molar-refractivity contribution in [3.05, 3.63) is 78.8 Å². The van der Waals surface area contributed by atoms with Crippen molar-refractivity contribution < 1.29 is 4.79 Å². The molecule has 0 aliphatic carbocycles. The molecule has 0 radical (unpaired) electrons. The molecule has 0 saturated carbocycles. The van der Waals surface area contributed by atoms with Crippen LogP contribution in [-0.2, 0) is 6.42 Å². The minimum Gasteiger partial charge on any atom is -0.350 e. The first-order valence-corrected chi connectivity index (χ1v) is 7.97. The van der Waals surface area contributed by atoms with Crippen LogP contribution in [0.4, 0.5) is 0 Å². The maximum atomic E-state index is 12.5. The van der Waals surface area contributed by atoms with Gasteiger partial charge in [-0.15, -0.1) is 10.2 Å². The molecular formula is C18H16N6O. The molecule has 25 heavy (non-hydrogen) atoms. The van der Waals surface area contributed by atoms with Crippen molar-refractivity contribution in [1.29, 1.82) is 0 Å². The molecule has 7 heteroatoms. The zero-order valence-electron chi connectivity index (χ0n) is 13.4. The largest absolute Gasteiger partial charge is 0.350 e. The topological polar surface area (TPSA) is 77.1 Å². The third-order valence-electron chi connectivity index (χ3n) is 3.92. The third-order valence-corrected chi connectivity index (χ3v) is 3.92. The minimum absolute atomic E-state index is 0.171. The highest BCUT2D eigenvalue weighted by molar-refractivity contribution is 5.93. The molecule has 3 aromatic heterocycles. The van der Waals surface area contributed by atoms with Gasteiger partial charge in [0.2, 0.25) is 0 Å². The van der Waals surface area contributed by atoms with Gasteiger partial charge in [0.1, 0.15) is 11.5 Å². The summed E-state index contributed by atoms with van der Waals surface area (Å²) in [5.41, 5.74) is 2.19. The van der Waals surface area contributed by atoms with E-state index >= 15 is 0 Å². The Morgan fingerprint density at radius 1 is 1.04 bits per heavy atom. The molecule has 1 N–H and O–H groups in total. The fourth-order valence-electron chi connectivity index (χ4n) is 2.70. The van der Waals surface area contributed by atoms with E-state index in [4.69, 9.17) is 0 Å². The summed E-state index contributed by atoms with van der Waals surface area (Å²) in [5.74, 6) is 0.641. The van der Waals surface area contributed by atoms with Crippen LogP contribution in [0.3, 0.4) is 0 Å². The maximum absolute atomic E-state index is 12.5. The molecule has 0 fully saturated rings. The molecule has 4 aromatic rings. The zero-order valence-corrected chi connectivity index (χ0v) is 13.4. The predicted octanol–water partition coefficient (Wildman–Crippen LogP) is 1.89. The van der Waals surface area contributed by atoms with E-state index in [9.17, 15) is 4.79 Å². The fraction of sp³-hybridized carbons (Fsp3) is 0.111. The van der Waals surface area contributed by atoms with E-state index in [2.05, 4.69) is 20.5 Å². The van der Waals surface area contributed by atoms with Crippen molar-refractivity contribution in [2.24, 2.45) is 0 Å². The van der Waals surface area contributed by atoms with Crippen molar-refractivity contribution in [2.75, 3.05) is 6.54 Å². The number of rotatable bonds is 5. The minimum atomic E-state index is -0.171. The van der Waals surface area contributed by atoms with Gasteiger partial charge in [-0.3, -0.25) is 13.8 Å². The number of para-hydroxylation sites is 1. The summed E-state index contributed by atoms with van der Waals surface area (Å²) in [6.45, 7) is 0.467. The molecule has 3 heterocycles. The number of carbonyl (C=O) groups is 1. The van der Waals surface area contributed by atoms with Crippen molar-refractivity contribution in [3.63, 3.8) is 0 Å². The van der Waals surface area contributed by atoms with E-state index < -0.39 is 0 Å². The summed E-state index contributed by atoms with van der Waals surface area (Å²) in [5, 5.41) is 11.2. The first kappa shape index (κ1) is 15.1. The van der Waals surface area contributed by atoms with Gasteiger partial charge in [0, 0.05) is 24.8 Å². The summed E-state index contributed by atoms with van der Waals surface area (Å²) in [6.07, 6.45) is 5.71. The Labute approximate surface area is 144 Å².